The third-order valence-corrected chi connectivity index (χ3v) is 5.99. The number of nitrogens with one attached hydrogen (secondary N) is 1. The zero-order valence-electron chi connectivity index (χ0n) is 17.3. The molecule has 1 atom stereocenters. The Balaban J connectivity index is 1.41. The lowest BCUT2D eigenvalue weighted by molar-refractivity contribution is -0.136. The molecule has 0 saturated carbocycles. The van der Waals surface area contributed by atoms with Crippen LogP contribution in [0.15, 0.2) is 24.3 Å². The second kappa shape index (κ2) is 10.0. The van der Waals surface area contributed by atoms with E-state index >= 15 is 0 Å². The van der Waals surface area contributed by atoms with Crippen molar-refractivity contribution in [1.82, 2.24) is 14.7 Å². The number of nitrogens with zero attached hydrogens (tertiary/aromatic N) is 3. The maximum absolute atomic E-state index is 12.6. The number of carbonyl (C=O) groups excluding carboxylic acids is 2. The van der Waals surface area contributed by atoms with Gasteiger partial charge in [0.2, 0.25) is 11.8 Å². The summed E-state index contributed by atoms with van der Waals surface area (Å²) in [4.78, 5) is 31.5. The summed E-state index contributed by atoms with van der Waals surface area (Å²) in [6, 6.07) is 8.33. The number of para-hydroxylation sites is 1. The number of piperidine rings is 1. The average molecular weight is 387 g/mol. The van der Waals surface area contributed by atoms with Crippen LogP contribution in [0.5, 0.6) is 0 Å². The van der Waals surface area contributed by atoms with Crippen molar-refractivity contribution in [2.24, 2.45) is 0 Å². The molecule has 2 aliphatic heterocycles. The fourth-order valence-electron chi connectivity index (χ4n) is 4.20. The molecule has 1 aromatic carbocycles. The number of piperazine rings is 1. The molecule has 3 rings (SSSR count). The van der Waals surface area contributed by atoms with Crippen molar-refractivity contribution in [2.75, 3.05) is 51.1 Å². The molecule has 1 aromatic rings. The van der Waals surface area contributed by atoms with E-state index in [2.05, 4.69) is 39.9 Å². The number of carbonyl (C=O) groups is 2. The van der Waals surface area contributed by atoms with Gasteiger partial charge < -0.3 is 10.2 Å². The smallest absolute Gasteiger partial charge is 0.238 e. The minimum Gasteiger partial charge on any atom is -0.339 e. The van der Waals surface area contributed by atoms with Gasteiger partial charge in [0.05, 0.1) is 13.1 Å². The highest BCUT2D eigenvalue weighted by atomic mass is 16.2. The van der Waals surface area contributed by atoms with E-state index < -0.39 is 0 Å². The van der Waals surface area contributed by atoms with Crippen molar-refractivity contribution < 1.29 is 9.59 Å². The van der Waals surface area contributed by atoms with Gasteiger partial charge in [0.15, 0.2) is 0 Å². The Kier molecular flexibility index (Phi) is 7.45. The van der Waals surface area contributed by atoms with Gasteiger partial charge in [0.25, 0.3) is 0 Å². The summed E-state index contributed by atoms with van der Waals surface area (Å²) in [7, 11) is 0. The normalized spacial score (nSPS) is 21.5. The molecule has 6 heteroatoms. The second-order valence-electron chi connectivity index (χ2n) is 8.04. The first kappa shape index (κ1) is 20.8. The third kappa shape index (κ3) is 5.55. The van der Waals surface area contributed by atoms with Gasteiger partial charge in [-0.1, -0.05) is 25.1 Å². The van der Waals surface area contributed by atoms with Gasteiger partial charge in [0.1, 0.15) is 0 Å². The summed E-state index contributed by atoms with van der Waals surface area (Å²) < 4.78 is 0. The Bertz CT molecular complexity index is 670. The van der Waals surface area contributed by atoms with Crippen molar-refractivity contribution in [1.29, 1.82) is 0 Å². The molecule has 2 aliphatic rings. The molecule has 2 saturated heterocycles. The van der Waals surface area contributed by atoms with Crippen molar-refractivity contribution in [3.05, 3.63) is 29.8 Å². The number of anilines is 1. The zero-order valence-corrected chi connectivity index (χ0v) is 17.3. The largest absolute Gasteiger partial charge is 0.339 e. The molecule has 0 spiro atoms. The monoisotopic (exact) mass is 386 g/mol. The summed E-state index contributed by atoms with van der Waals surface area (Å²) in [5, 5.41) is 3.05. The van der Waals surface area contributed by atoms with E-state index in [-0.39, 0.29) is 11.8 Å². The van der Waals surface area contributed by atoms with Crippen molar-refractivity contribution in [3.63, 3.8) is 0 Å². The predicted octanol–water partition coefficient (Wildman–Crippen LogP) is 2.21. The highest BCUT2D eigenvalue weighted by Gasteiger charge is 2.26. The first-order chi connectivity index (χ1) is 13.6. The van der Waals surface area contributed by atoms with Gasteiger partial charge in [-0.25, -0.2) is 0 Å². The first-order valence-corrected chi connectivity index (χ1v) is 10.7. The zero-order chi connectivity index (χ0) is 19.9. The molecule has 1 N–H and O–H groups in total. The van der Waals surface area contributed by atoms with Gasteiger partial charge >= 0.3 is 0 Å². The maximum Gasteiger partial charge on any atom is 0.238 e. The minimum atomic E-state index is 0.0348. The molecule has 0 bridgehead atoms. The number of likely N-dealkylation sites (tertiary alicyclic amines) is 1. The highest BCUT2D eigenvalue weighted by molar-refractivity contribution is 5.93. The Morgan fingerprint density at radius 3 is 2.36 bits per heavy atom. The Morgan fingerprint density at radius 1 is 1.00 bits per heavy atom. The van der Waals surface area contributed by atoms with Gasteiger partial charge in [0, 0.05) is 44.5 Å². The minimum absolute atomic E-state index is 0.0348. The highest BCUT2D eigenvalue weighted by Crippen LogP contribution is 2.17. The van der Waals surface area contributed by atoms with E-state index in [0.717, 1.165) is 63.2 Å². The van der Waals surface area contributed by atoms with E-state index in [1.807, 2.05) is 18.2 Å². The van der Waals surface area contributed by atoms with Crippen LogP contribution in [0, 0.1) is 0 Å². The Labute approximate surface area is 168 Å². The summed E-state index contributed by atoms with van der Waals surface area (Å²) >= 11 is 0. The van der Waals surface area contributed by atoms with Crippen molar-refractivity contribution >= 4 is 17.5 Å². The summed E-state index contributed by atoms with van der Waals surface area (Å²) in [6.07, 6.45) is 4.38. The van der Waals surface area contributed by atoms with Crippen LogP contribution in [-0.4, -0.2) is 78.4 Å². The molecular formula is C22H34N4O2. The van der Waals surface area contributed by atoms with Gasteiger partial charge in [-0.15, -0.1) is 0 Å². The molecule has 0 unspecified atom stereocenters. The molecule has 6 nitrogen and oxygen atoms in total. The molecule has 0 aromatic heterocycles. The van der Waals surface area contributed by atoms with Gasteiger partial charge in [-0.2, -0.15) is 0 Å². The molecule has 2 amide bonds. The van der Waals surface area contributed by atoms with E-state index in [1.54, 1.807) is 0 Å². The lowest BCUT2D eigenvalue weighted by Crippen LogP contribution is -2.53. The van der Waals surface area contributed by atoms with Crippen LogP contribution >= 0.6 is 0 Å². The molecule has 154 valence electrons. The lowest BCUT2D eigenvalue weighted by atomic mass is 10.0. The summed E-state index contributed by atoms with van der Waals surface area (Å²) in [6.45, 7) is 9.40. The first-order valence-electron chi connectivity index (χ1n) is 10.7. The number of benzene rings is 1. The Morgan fingerprint density at radius 2 is 1.68 bits per heavy atom. The summed E-state index contributed by atoms with van der Waals surface area (Å²) in [5.41, 5.74) is 2.07. The molecule has 2 heterocycles. The van der Waals surface area contributed by atoms with Crippen molar-refractivity contribution in [2.45, 2.75) is 45.6 Å². The predicted molar refractivity (Wildman–Crippen MR) is 112 cm³/mol. The number of hydrogen-bond donors (Lipinski definition) is 1. The van der Waals surface area contributed by atoms with E-state index in [1.165, 1.54) is 6.42 Å². The molecule has 0 aliphatic carbocycles. The summed E-state index contributed by atoms with van der Waals surface area (Å²) in [5.74, 6) is 0.294. The quantitative estimate of drug-likeness (QED) is 0.814. The fourth-order valence-corrected chi connectivity index (χ4v) is 4.20. The average Bonchev–Trinajstić information content (AvgIpc) is 2.70. The molecule has 2 fully saturated rings. The van der Waals surface area contributed by atoms with Crippen LogP contribution in [0.2, 0.25) is 0 Å². The van der Waals surface area contributed by atoms with Crippen LogP contribution in [0.1, 0.15) is 38.7 Å². The number of hydrogen-bond acceptors (Lipinski definition) is 4. The second-order valence-corrected chi connectivity index (χ2v) is 8.04. The number of rotatable bonds is 6. The standard InChI is InChI=1S/C22H34N4O2/c1-3-19-9-4-5-10-20(19)23-21(27)16-24-12-14-25(15-13-24)17-22(28)26-11-7-6-8-18(26)2/h4-5,9-10,18H,3,6-8,11-17H2,1-2H3,(H,23,27)/t18-/m0/s1. The van der Waals surface area contributed by atoms with Crippen LogP contribution in [0.4, 0.5) is 5.69 Å². The Hall–Kier alpha value is -1.92. The topological polar surface area (TPSA) is 55.9 Å². The number of aryl methyl sites for hydroxylation is 1. The fraction of sp³-hybridized carbons (Fsp3) is 0.636. The van der Waals surface area contributed by atoms with E-state index in [4.69, 9.17) is 0 Å². The van der Waals surface area contributed by atoms with Crippen LogP contribution in [0.3, 0.4) is 0 Å². The lowest BCUT2D eigenvalue weighted by Gasteiger charge is -2.37. The third-order valence-electron chi connectivity index (χ3n) is 5.99. The molecular weight excluding hydrogens is 352 g/mol. The van der Waals surface area contributed by atoms with E-state index in [9.17, 15) is 9.59 Å². The van der Waals surface area contributed by atoms with Gasteiger partial charge in [-0.3, -0.25) is 19.4 Å². The SMILES string of the molecule is CCc1ccccc1NC(=O)CN1CCN(CC(=O)N2CCCC[C@@H]2C)CC1. The van der Waals surface area contributed by atoms with Crippen LogP contribution in [0.25, 0.3) is 0 Å². The van der Waals surface area contributed by atoms with E-state index in [0.29, 0.717) is 19.1 Å². The van der Waals surface area contributed by atoms with Crippen molar-refractivity contribution in [3.8, 4) is 0 Å². The van der Waals surface area contributed by atoms with Crippen LogP contribution in [-0.2, 0) is 16.0 Å². The molecule has 0 radical (unpaired) electrons. The van der Waals surface area contributed by atoms with Crippen LogP contribution < -0.4 is 5.32 Å². The van der Waals surface area contributed by atoms with Gasteiger partial charge in [-0.05, 0) is 44.2 Å². The molecule has 28 heavy (non-hydrogen) atoms. The maximum atomic E-state index is 12.6. The number of amides is 2.